The summed E-state index contributed by atoms with van der Waals surface area (Å²) < 4.78 is 13.1. The number of terminal acetylenes is 1. The lowest BCUT2D eigenvalue weighted by Crippen LogP contribution is -2.54. The fraction of sp³-hybridized carbons (Fsp3) is 0.692. The first kappa shape index (κ1) is 22.9. The number of benzene rings is 1. The van der Waals surface area contributed by atoms with Gasteiger partial charge in [0.25, 0.3) is 0 Å². The van der Waals surface area contributed by atoms with Gasteiger partial charge in [0.05, 0.1) is 5.69 Å². The van der Waals surface area contributed by atoms with Crippen LogP contribution >= 0.6 is 0 Å². The van der Waals surface area contributed by atoms with Gasteiger partial charge in [0.2, 0.25) is 8.32 Å². The molecule has 4 rings (SSSR count). The minimum Gasteiger partial charge on any atom is -0.543 e. The zero-order valence-corrected chi connectivity index (χ0v) is 22.6. The van der Waals surface area contributed by atoms with Crippen molar-refractivity contribution < 1.29 is 8.85 Å². The zero-order valence-electron chi connectivity index (χ0n) is 20.6. The Hall–Kier alpha value is -1.23. The Bertz CT molecular complexity index is 910. The number of fused-ring (bicyclic) bond motifs is 5. The number of rotatable bonds is 4. The van der Waals surface area contributed by atoms with Crippen LogP contribution in [0.3, 0.4) is 0 Å². The predicted molar refractivity (Wildman–Crippen MR) is 135 cm³/mol. The molecule has 2 fully saturated rings. The van der Waals surface area contributed by atoms with Crippen molar-refractivity contribution in [2.45, 2.75) is 96.2 Å². The number of nitrogen functional groups attached to an aromatic ring is 1. The van der Waals surface area contributed by atoms with Gasteiger partial charge in [-0.15, -0.1) is 6.42 Å². The van der Waals surface area contributed by atoms with Gasteiger partial charge in [0, 0.05) is 5.41 Å². The molecular formula is C26H41NO2Si2. The first-order valence-electron chi connectivity index (χ1n) is 12.1. The third kappa shape index (κ3) is 3.79. The second-order valence-corrected chi connectivity index (χ2v) is 21.2. The monoisotopic (exact) mass is 455 g/mol. The Morgan fingerprint density at radius 2 is 1.74 bits per heavy atom. The lowest BCUT2D eigenvalue weighted by molar-refractivity contribution is -0.0537. The van der Waals surface area contributed by atoms with Crippen LogP contribution in [0.4, 0.5) is 5.69 Å². The van der Waals surface area contributed by atoms with Gasteiger partial charge in [-0.25, -0.2) is 0 Å². The second-order valence-electron chi connectivity index (χ2n) is 12.4. The molecule has 1 aromatic rings. The summed E-state index contributed by atoms with van der Waals surface area (Å²) in [5.41, 5.74) is 10.1. The summed E-state index contributed by atoms with van der Waals surface area (Å²) in [6.07, 6.45) is 13.0. The molecule has 0 bridgehead atoms. The SMILES string of the molecule is C#C[C@]1(O[Si](C)(C)C)CC[C@H]2[C@@H]3CCc4c(ccc(O[Si](C)(C)C)c4N)[C@H]3CC[C@@]21C. The summed E-state index contributed by atoms with van der Waals surface area (Å²) in [4.78, 5) is 0. The van der Waals surface area contributed by atoms with E-state index in [0.29, 0.717) is 17.8 Å². The largest absolute Gasteiger partial charge is 0.543 e. The molecule has 1 aromatic carbocycles. The molecule has 0 unspecified atom stereocenters. The maximum Gasteiger partial charge on any atom is 0.242 e. The van der Waals surface area contributed by atoms with Crippen molar-refractivity contribution in [2.24, 2.45) is 17.3 Å². The molecule has 2 saturated carbocycles. The van der Waals surface area contributed by atoms with Gasteiger partial charge in [0.1, 0.15) is 11.4 Å². The van der Waals surface area contributed by atoms with Gasteiger partial charge in [-0.2, -0.15) is 0 Å². The van der Waals surface area contributed by atoms with Crippen LogP contribution < -0.4 is 10.2 Å². The quantitative estimate of drug-likeness (QED) is 0.317. The van der Waals surface area contributed by atoms with E-state index in [1.165, 1.54) is 30.4 Å². The van der Waals surface area contributed by atoms with Crippen LogP contribution in [-0.4, -0.2) is 22.2 Å². The lowest BCUT2D eigenvalue weighted by atomic mass is 9.53. The minimum absolute atomic E-state index is 0.0765. The third-order valence-corrected chi connectivity index (χ3v) is 9.96. The van der Waals surface area contributed by atoms with E-state index in [-0.39, 0.29) is 11.0 Å². The van der Waals surface area contributed by atoms with E-state index >= 15 is 0 Å². The number of nitrogens with two attached hydrogens (primary N) is 1. The molecule has 5 atom stereocenters. The summed E-state index contributed by atoms with van der Waals surface area (Å²) in [5, 5.41) is 0. The van der Waals surface area contributed by atoms with Crippen molar-refractivity contribution in [3.8, 4) is 18.1 Å². The molecule has 0 spiro atoms. The van der Waals surface area contributed by atoms with Crippen molar-refractivity contribution in [3.63, 3.8) is 0 Å². The molecule has 2 N–H and O–H groups in total. The van der Waals surface area contributed by atoms with E-state index in [0.717, 1.165) is 30.7 Å². The van der Waals surface area contributed by atoms with E-state index in [1.807, 2.05) is 0 Å². The van der Waals surface area contributed by atoms with E-state index < -0.39 is 16.6 Å². The van der Waals surface area contributed by atoms with E-state index in [2.05, 4.69) is 64.3 Å². The summed E-state index contributed by atoms with van der Waals surface area (Å²) >= 11 is 0. The van der Waals surface area contributed by atoms with Crippen LogP contribution in [0.15, 0.2) is 12.1 Å². The maximum atomic E-state index is 6.81. The molecule has 5 heteroatoms. The van der Waals surface area contributed by atoms with Gasteiger partial charge in [-0.3, -0.25) is 0 Å². The molecule has 0 radical (unpaired) electrons. The summed E-state index contributed by atoms with van der Waals surface area (Å²) in [7, 11) is -3.43. The Labute approximate surface area is 191 Å². The van der Waals surface area contributed by atoms with Crippen LogP contribution in [-0.2, 0) is 10.8 Å². The van der Waals surface area contributed by atoms with Crippen LogP contribution in [0.2, 0.25) is 39.3 Å². The van der Waals surface area contributed by atoms with E-state index in [1.54, 1.807) is 0 Å². The van der Waals surface area contributed by atoms with E-state index in [9.17, 15) is 0 Å². The smallest absolute Gasteiger partial charge is 0.242 e. The molecule has 0 aliphatic heterocycles. The van der Waals surface area contributed by atoms with Crippen molar-refractivity contribution >= 4 is 22.3 Å². The Balaban J connectivity index is 1.66. The average molecular weight is 456 g/mol. The third-order valence-electron chi connectivity index (χ3n) is 8.17. The molecule has 3 aliphatic rings. The average Bonchev–Trinajstić information content (AvgIpc) is 2.94. The lowest BCUT2D eigenvalue weighted by Gasteiger charge is -2.54. The molecule has 170 valence electrons. The van der Waals surface area contributed by atoms with Crippen LogP contribution in [0.5, 0.6) is 5.75 Å². The highest BCUT2D eigenvalue weighted by molar-refractivity contribution is 6.70. The molecule has 0 heterocycles. The topological polar surface area (TPSA) is 44.5 Å². The van der Waals surface area contributed by atoms with Gasteiger partial charge >= 0.3 is 0 Å². The zero-order chi connectivity index (χ0) is 22.8. The van der Waals surface area contributed by atoms with Gasteiger partial charge < -0.3 is 14.6 Å². The Kier molecular flexibility index (Phi) is 5.48. The maximum absolute atomic E-state index is 6.81. The molecule has 0 saturated heterocycles. The summed E-state index contributed by atoms with van der Waals surface area (Å²) in [6, 6.07) is 4.46. The molecule has 3 nitrogen and oxygen atoms in total. The number of hydrogen-bond acceptors (Lipinski definition) is 3. The van der Waals surface area contributed by atoms with Gasteiger partial charge in [0.15, 0.2) is 8.32 Å². The van der Waals surface area contributed by atoms with Gasteiger partial charge in [-0.1, -0.05) is 18.9 Å². The normalized spacial score (nSPS) is 35.0. The summed E-state index contributed by atoms with van der Waals surface area (Å²) in [6.45, 7) is 15.9. The van der Waals surface area contributed by atoms with Crippen molar-refractivity contribution in [1.82, 2.24) is 0 Å². The molecular weight excluding hydrogens is 414 g/mol. The van der Waals surface area contributed by atoms with Crippen LogP contribution in [0.25, 0.3) is 0 Å². The fourth-order valence-electron chi connectivity index (χ4n) is 7.05. The molecule has 31 heavy (non-hydrogen) atoms. The molecule has 0 aromatic heterocycles. The van der Waals surface area contributed by atoms with Crippen molar-refractivity contribution in [1.29, 1.82) is 0 Å². The minimum atomic E-state index is -1.74. The predicted octanol–water partition coefficient (Wildman–Crippen LogP) is 6.56. The molecule has 0 amide bonds. The number of hydrogen-bond donors (Lipinski definition) is 1. The standard InChI is InChI=1S/C26H41NO2Si2/c1-9-26(29-31(6,7)8)17-15-22-20-10-11-21-18(19(20)14-16-25(22,26)2)12-13-23(24(21)27)28-30(3,4)5/h1,12-13,19-20,22H,10-11,14-17,27H2,2-8H3/t19-,20-,22+,25+,26+/m1/s1. The first-order chi connectivity index (χ1) is 14.3. The Morgan fingerprint density at radius 1 is 1.03 bits per heavy atom. The van der Waals surface area contributed by atoms with Gasteiger partial charge in [-0.05, 0) is 113 Å². The van der Waals surface area contributed by atoms with Crippen molar-refractivity contribution in [3.05, 3.63) is 23.3 Å². The van der Waals surface area contributed by atoms with Crippen LogP contribution in [0, 0.1) is 29.6 Å². The summed E-state index contributed by atoms with van der Waals surface area (Å²) in [5.74, 6) is 6.00. The van der Waals surface area contributed by atoms with Crippen LogP contribution in [0.1, 0.15) is 56.1 Å². The highest BCUT2D eigenvalue weighted by Crippen LogP contribution is 2.65. The number of anilines is 1. The first-order valence-corrected chi connectivity index (χ1v) is 18.9. The highest BCUT2D eigenvalue weighted by Gasteiger charge is 2.63. The molecule has 3 aliphatic carbocycles. The fourth-order valence-corrected chi connectivity index (χ4v) is 9.32. The second kappa shape index (κ2) is 7.40. The highest BCUT2D eigenvalue weighted by atomic mass is 28.4. The van der Waals surface area contributed by atoms with E-state index in [4.69, 9.17) is 21.0 Å². The Morgan fingerprint density at radius 3 is 2.35 bits per heavy atom. The van der Waals surface area contributed by atoms with Crippen molar-refractivity contribution in [2.75, 3.05) is 5.73 Å².